The second kappa shape index (κ2) is 8.33. The number of aryl methyl sites for hydroxylation is 2. The summed E-state index contributed by atoms with van der Waals surface area (Å²) in [5, 5.41) is 6.02. The number of esters is 1. The topological polar surface area (TPSA) is 68.3 Å². The fourth-order valence-electron chi connectivity index (χ4n) is 2.60. The molecule has 1 amide bonds. The Kier molecular flexibility index (Phi) is 6.08. The lowest BCUT2D eigenvalue weighted by Gasteiger charge is -2.08. The molecule has 0 aliphatic heterocycles. The van der Waals surface area contributed by atoms with Crippen LogP contribution in [-0.4, -0.2) is 23.5 Å². The molecule has 1 aromatic carbocycles. The molecule has 3 rings (SSSR count). The Morgan fingerprint density at radius 3 is 2.52 bits per heavy atom. The van der Waals surface area contributed by atoms with Crippen molar-refractivity contribution in [3.8, 4) is 11.1 Å². The lowest BCUT2D eigenvalue weighted by atomic mass is 10.0. The minimum Gasteiger partial charge on any atom is -0.462 e. The quantitative estimate of drug-likeness (QED) is 0.493. The number of carbonyl (C=O) groups excluding carboxylic acids is 2. The van der Waals surface area contributed by atoms with Crippen molar-refractivity contribution in [2.75, 3.05) is 11.9 Å². The highest BCUT2D eigenvalue weighted by atomic mass is 79.9. The number of hydrogen-bond donors (Lipinski definition) is 1. The summed E-state index contributed by atoms with van der Waals surface area (Å²) in [5.74, 6) is -0.725. The van der Waals surface area contributed by atoms with Crippen molar-refractivity contribution < 1.29 is 14.3 Å². The van der Waals surface area contributed by atoms with Crippen molar-refractivity contribution >= 4 is 55.5 Å². The van der Waals surface area contributed by atoms with E-state index in [9.17, 15) is 9.59 Å². The number of amides is 1. The first-order valence-corrected chi connectivity index (χ1v) is 10.7. The van der Waals surface area contributed by atoms with Crippen LogP contribution < -0.4 is 5.32 Å². The Hall–Kier alpha value is -2.03. The maximum atomic E-state index is 12.7. The van der Waals surface area contributed by atoms with Crippen LogP contribution in [0.1, 0.15) is 37.7 Å². The van der Waals surface area contributed by atoms with Gasteiger partial charge in [0.25, 0.3) is 5.91 Å². The smallest absolute Gasteiger partial charge is 0.341 e. The number of ether oxygens (including phenoxy) is 1. The molecule has 0 saturated carbocycles. The average molecular weight is 465 g/mol. The first-order valence-electron chi connectivity index (χ1n) is 8.20. The molecule has 8 heteroatoms. The number of nitrogens with zero attached hydrogens (tertiary/aromatic N) is 1. The molecule has 0 aliphatic rings. The van der Waals surface area contributed by atoms with Crippen LogP contribution in [0.3, 0.4) is 0 Å². The molecule has 0 spiro atoms. The summed E-state index contributed by atoms with van der Waals surface area (Å²) in [4.78, 5) is 30.1. The number of benzene rings is 1. The zero-order valence-corrected chi connectivity index (χ0v) is 18.2. The van der Waals surface area contributed by atoms with Gasteiger partial charge in [0.1, 0.15) is 15.4 Å². The van der Waals surface area contributed by atoms with Gasteiger partial charge in [-0.25, -0.2) is 9.78 Å². The van der Waals surface area contributed by atoms with E-state index in [1.807, 2.05) is 36.6 Å². The summed E-state index contributed by atoms with van der Waals surface area (Å²) in [5.41, 5.74) is 2.66. The fraction of sp³-hybridized carbons (Fsp3) is 0.211. The van der Waals surface area contributed by atoms with Crippen LogP contribution in [0.2, 0.25) is 0 Å². The lowest BCUT2D eigenvalue weighted by molar-refractivity contribution is 0.0529. The zero-order valence-electron chi connectivity index (χ0n) is 15.0. The summed E-state index contributed by atoms with van der Waals surface area (Å²) in [6, 6.07) is 7.64. The van der Waals surface area contributed by atoms with Crippen molar-refractivity contribution in [2.24, 2.45) is 0 Å². The number of carbonyl (C=O) groups is 2. The minimum atomic E-state index is -0.454. The van der Waals surface area contributed by atoms with Gasteiger partial charge >= 0.3 is 5.97 Å². The number of rotatable bonds is 5. The molecule has 0 radical (unpaired) electrons. The Morgan fingerprint density at radius 2 is 1.93 bits per heavy atom. The van der Waals surface area contributed by atoms with E-state index in [0.29, 0.717) is 21.1 Å². The number of nitrogens with one attached hydrogen (secondary N) is 1. The summed E-state index contributed by atoms with van der Waals surface area (Å²) in [6.07, 6.45) is 0. The molecule has 3 aromatic rings. The van der Waals surface area contributed by atoms with Crippen LogP contribution >= 0.6 is 38.6 Å². The van der Waals surface area contributed by atoms with E-state index in [1.54, 1.807) is 13.8 Å². The standard InChI is InChI=1S/C19H17BrN2O3S2/c1-4-25-19(24)15-14(12-5-7-13(20)8-6-12)9-26-18(15)22-17(23)16-10(2)21-11(3)27-16/h5-9H,4H2,1-3H3,(H,22,23). The number of thiophene rings is 1. The van der Waals surface area contributed by atoms with E-state index in [-0.39, 0.29) is 12.5 Å². The van der Waals surface area contributed by atoms with E-state index < -0.39 is 5.97 Å². The maximum absolute atomic E-state index is 12.7. The largest absolute Gasteiger partial charge is 0.462 e. The van der Waals surface area contributed by atoms with Gasteiger partial charge in [-0.2, -0.15) is 0 Å². The van der Waals surface area contributed by atoms with Crippen LogP contribution in [0.4, 0.5) is 5.00 Å². The number of anilines is 1. The summed E-state index contributed by atoms with van der Waals surface area (Å²) in [6.45, 7) is 5.67. The van der Waals surface area contributed by atoms with Gasteiger partial charge in [0.05, 0.1) is 17.3 Å². The highest BCUT2D eigenvalue weighted by molar-refractivity contribution is 9.10. The molecule has 0 saturated heterocycles. The molecular formula is C19H17BrN2O3S2. The molecule has 2 heterocycles. The highest BCUT2D eigenvalue weighted by Crippen LogP contribution is 2.37. The van der Waals surface area contributed by atoms with Gasteiger partial charge in [-0.1, -0.05) is 28.1 Å². The first-order chi connectivity index (χ1) is 12.9. The minimum absolute atomic E-state index is 0.259. The third-order valence-corrected chi connectivity index (χ3v) is 6.26. The molecule has 2 aromatic heterocycles. The third kappa shape index (κ3) is 4.28. The second-order valence-electron chi connectivity index (χ2n) is 5.68. The van der Waals surface area contributed by atoms with Crippen molar-refractivity contribution in [2.45, 2.75) is 20.8 Å². The molecule has 140 valence electrons. The SMILES string of the molecule is CCOC(=O)c1c(-c2ccc(Br)cc2)csc1NC(=O)c1sc(C)nc1C. The van der Waals surface area contributed by atoms with Gasteiger partial charge in [0, 0.05) is 15.4 Å². The van der Waals surface area contributed by atoms with Gasteiger partial charge < -0.3 is 10.1 Å². The van der Waals surface area contributed by atoms with Crippen LogP contribution in [0.5, 0.6) is 0 Å². The molecule has 0 bridgehead atoms. The van der Waals surface area contributed by atoms with Crippen molar-refractivity contribution in [3.05, 3.63) is 55.3 Å². The Morgan fingerprint density at radius 1 is 1.22 bits per heavy atom. The maximum Gasteiger partial charge on any atom is 0.341 e. The molecule has 0 atom stereocenters. The Labute approximate surface area is 173 Å². The van der Waals surface area contributed by atoms with Gasteiger partial charge in [0.15, 0.2) is 0 Å². The molecule has 0 aliphatic carbocycles. The third-order valence-electron chi connectivity index (χ3n) is 3.76. The number of aromatic nitrogens is 1. The molecular weight excluding hydrogens is 448 g/mol. The predicted octanol–water partition coefficient (Wildman–Crippen LogP) is 5.68. The predicted molar refractivity (Wildman–Crippen MR) is 113 cm³/mol. The van der Waals surface area contributed by atoms with E-state index in [4.69, 9.17) is 4.74 Å². The average Bonchev–Trinajstić information content (AvgIpc) is 3.18. The van der Waals surface area contributed by atoms with Crippen LogP contribution in [0, 0.1) is 13.8 Å². The summed E-state index contributed by atoms with van der Waals surface area (Å²) < 4.78 is 6.17. The molecule has 0 unspecified atom stereocenters. The molecule has 5 nitrogen and oxygen atoms in total. The van der Waals surface area contributed by atoms with Crippen LogP contribution in [0.25, 0.3) is 11.1 Å². The van der Waals surface area contributed by atoms with Crippen molar-refractivity contribution in [3.63, 3.8) is 0 Å². The second-order valence-corrected chi connectivity index (χ2v) is 8.68. The van der Waals surface area contributed by atoms with E-state index in [1.165, 1.54) is 22.7 Å². The Balaban J connectivity index is 1.99. The zero-order chi connectivity index (χ0) is 19.6. The first kappa shape index (κ1) is 19.7. The number of halogens is 1. The van der Waals surface area contributed by atoms with Gasteiger partial charge in [-0.3, -0.25) is 4.79 Å². The fourth-order valence-corrected chi connectivity index (χ4v) is 4.63. The number of hydrogen-bond acceptors (Lipinski definition) is 6. The number of thiazole rings is 1. The summed E-state index contributed by atoms with van der Waals surface area (Å²) in [7, 11) is 0. The normalized spacial score (nSPS) is 10.7. The summed E-state index contributed by atoms with van der Waals surface area (Å²) >= 11 is 6.05. The van der Waals surface area contributed by atoms with Gasteiger partial charge in [-0.15, -0.1) is 22.7 Å². The van der Waals surface area contributed by atoms with E-state index >= 15 is 0 Å². The van der Waals surface area contributed by atoms with E-state index in [0.717, 1.165) is 20.6 Å². The van der Waals surface area contributed by atoms with Crippen LogP contribution in [0.15, 0.2) is 34.1 Å². The molecule has 1 N–H and O–H groups in total. The van der Waals surface area contributed by atoms with Gasteiger partial charge in [0.2, 0.25) is 0 Å². The van der Waals surface area contributed by atoms with Gasteiger partial charge in [-0.05, 0) is 38.5 Å². The van der Waals surface area contributed by atoms with Crippen LogP contribution in [-0.2, 0) is 4.74 Å². The van der Waals surface area contributed by atoms with Crippen molar-refractivity contribution in [1.82, 2.24) is 4.98 Å². The monoisotopic (exact) mass is 464 g/mol. The Bertz CT molecular complexity index is 993. The molecule has 0 fully saturated rings. The van der Waals surface area contributed by atoms with Crippen molar-refractivity contribution in [1.29, 1.82) is 0 Å². The lowest BCUT2D eigenvalue weighted by Crippen LogP contribution is -2.14. The molecule has 27 heavy (non-hydrogen) atoms. The highest BCUT2D eigenvalue weighted by Gasteiger charge is 2.24. The van der Waals surface area contributed by atoms with E-state index in [2.05, 4.69) is 26.2 Å².